The van der Waals surface area contributed by atoms with Crippen molar-refractivity contribution < 1.29 is 14.6 Å². The van der Waals surface area contributed by atoms with Crippen molar-refractivity contribution in [1.82, 2.24) is 9.97 Å². The molecule has 0 saturated carbocycles. The Labute approximate surface area is 121 Å². The lowest BCUT2D eigenvalue weighted by Crippen LogP contribution is -2.14. The van der Waals surface area contributed by atoms with E-state index in [9.17, 15) is 25.0 Å². The van der Waals surface area contributed by atoms with Crippen molar-refractivity contribution in [2.75, 3.05) is 5.32 Å². The highest BCUT2D eigenvalue weighted by Crippen LogP contribution is 2.24. The fourth-order valence-electron chi connectivity index (χ4n) is 1.46. The first kappa shape index (κ1) is 14.4. The Morgan fingerprint density at radius 3 is 2.57 bits per heavy atom. The molecule has 0 spiro atoms. The molecule has 2 N–H and O–H groups in total. The van der Waals surface area contributed by atoms with E-state index in [4.69, 9.17) is 11.6 Å². The van der Waals surface area contributed by atoms with Crippen molar-refractivity contribution >= 4 is 34.7 Å². The predicted octanol–water partition coefficient (Wildman–Crippen LogP) is 2.13. The van der Waals surface area contributed by atoms with E-state index in [1.54, 1.807) is 0 Å². The van der Waals surface area contributed by atoms with Crippen LogP contribution in [0.5, 0.6) is 0 Å². The standard InChI is InChI=1S/C10H6ClN5O5/c11-8-2-1-7(16(20)21)9(13-8)14-10(17)6-3-5(4-12-6)15(18)19/h1-4,12H,(H,13,14,17). The van der Waals surface area contributed by atoms with Crippen LogP contribution in [0.1, 0.15) is 10.5 Å². The van der Waals surface area contributed by atoms with Crippen LogP contribution in [-0.2, 0) is 0 Å². The minimum Gasteiger partial charge on any atom is -0.351 e. The van der Waals surface area contributed by atoms with Gasteiger partial charge >= 0.3 is 5.69 Å². The van der Waals surface area contributed by atoms with Gasteiger partial charge in [-0.25, -0.2) is 4.98 Å². The average Bonchev–Trinajstić information content (AvgIpc) is 2.88. The molecule has 108 valence electrons. The summed E-state index contributed by atoms with van der Waals surface area (Å²) in [5.41, 5.74) is -0.903. The summed E-state index contributed by atoms with van der Waals surface area (Å²) >= 11 is 5.61. The molecule has 0 radical (unpaired) electrons. The number of carbonyl (C=O) groups excluding carboxylic acids is 1. The number of pyridine rings is 1. The van der Waals surface area contributed by atoms with Crippen LogP contribution in [0.15, 0.2) is 24.4 Å². The number of carbonyl (C=O) groups is 1. The number of halogens is 1. The summed E-state index contributed by atoms with van der Waals surface area (Å²) in [5, 5.41) is 23.5. The minimum absolute atomic E-state index is 0.0478. The predicted molar refractivity (Wildman–Crippen MR) is 71.3 cm³/mol. The van der Waals surface area contributed by atoms with Crippen LogP contribution in [-0.4, -0.2) is 25.7 Å². The highest BCUT2D eigenvalue weighted by atomic mass is 35.5. The maximum absolute atomic E-state index is 11.9. The molecule has 10 nitrogen and oxygen atoms in total. The van der Waals surface area contributed by atoms with Crippen LogP contribution in [0, 0.1) is 20.2 Å². The van der Waals surface area contributed by atoms with Gasteiger partial charge in [-0.2, -0.15) is 0 Å². The van der Waals surface area contributed by atoms with Gasteiger partial charge in [0.2, 0.25) is 5.82 Å². The number of aromatic nitrogens is 2. The first-order valence-electron chi connectivity index (χ1n) is 5.33. The van der Waals surface area contributed by atoms with Gasteiger partial charge < -0.3 is 4.98 Å². The van der Waals surface area contributed by atoms with Crippen LogP contribution < -0.4 is 5.32 Å². The summed E-state index contributed by atoms with van der Waals surface area (Å²) in [5.74, 6) is -1.17. The second kappa shape index (κ2) is 5.54. The molecule has 0 bridgehead atoms. The fourth-order valence-corrected chi connectivity index (χ4v) is 1.61. The third-order valence-electron chi connectivity index (χ3n) is 2.39. The topological polar surface area (TPSA) is 144 Å². The Morgan fingerprint density at radius 1 is 1.29 bits per heavy atom. The van der Waals surface area contributed by atoms with Crippen LogP contribution in [0.2, 0.25) is 5.15 Å². The molecule has 2 heterocycles. The number of anilines is 1. The minimum atomic E-state index is -0.819. The van der Waals surface area contributed by atoms with E-state index in [1.807, 2.05) is 0 Å². The van der Waals surface area contributed by atoms with Crippen molar-refractivity contribution in [2.24, 2.45) is 0 Å². The van der Waals surface area contributed by atoms with Gasteiger partial charge in [-0.1, -0.05) is 11.6 Å². The van der Waals surface area contributed by atoms with Gasteiger partial charge in [0.1, 0.15) is 10.8 Å². The number of amides is 1. The molecule has 21 heavy (non-hydrogen) atoms. The third-order valence-corrected chi connectivity index (χ3v) is 2.60. The maximum atomic E-state index is 11.9. The van der Waals surface area contributed by atoms with Crippen LogP contribution in [0.3, 0.4) is 0 Å². The lowest BCUT2D eigenvalue weighted by molar-refractivity contribution is -0.384. The second-order valence-corrected chi connectivity index (χ2v) is 4.13. The summed E-state index contributed by atoms with van der Waals surface area (Å²) in [6.07, 6.45) is 1.02. The summed E-state index contributed by atoms with van der Waals surface area (Å²) in [4.78, 5) is 37.8. The lowest BCUT2D eigenvalue weighted by Gasteiger charge is -2.03. The molecule has 11 heteroatoms. The number of aromatic amines is 1. The summed E-state index contributed by atoms with van der Waals surface area (Å²) in [6, 6.07) is 3.28. The largest absolute Gasteiger partial charge is 0.351 e. The molecule has 0 aromatic carbocycles. The number of nitrogens with zero attached hydrogens (tertiary/aromatic N) is 3. The Morgan fingerprint density at radius 2 is 2.00 bits per heavy atom. The summed E-state index contributed by atoms with van der Waals surface area (Å²) < 4.78 is 0. The Hall–Kier alpha value is -3.01. The zero-order valence-corrected chi connectivity index (χ0v) is 10.8. The van der Waals surface area contributed by atoms with E-state index >= 15 is 0 Å². The maximum Gasteiger partial charge on any atom is 0.311 e. The van der Waals surface area contributed by atoms with E-state index < -0.39 is 21.4 Å². The van der Waals surface area contributed by atoms with E-state index in [1.165, 1.54) is 6.07 Å². The Bertz CT molecular complexity index is 743. The number of rotatable bonds is 4. The average molecular weight is 312 g/mol. The van der Waals surface area contributed by atoms with E-state index in [2.05, 4.69) is 15.3 Å². The zero-order chi connectivity index (χ0) is 15.6. The third kappa shape index (κ3) is 3.12. The molecule has 0 fully saturated rings. The monoisotopic (exact) mass is 311 g/mol. The SMILES string of the molecule is O=C(Nc1nc(Cl)ccc1[N+](=O)[O-])c1cc([N+](=O)[O-])c[nH]1. The Kier molecular flexibility index (Phi) is 3.80. The van der Waals surface area contributed by atoms with Crippen LogP contribution in [0.4, 0.5) is 17.2 Å². The zero-order valence-electron chi connectivity index (χ0n) is 10.1. The van der Waals surface area contributed by atoms with Gasteiger partial charge in [-0.15, -0.1) is 0 Å². The lowest BCUT2D eigenvalue weighted by atomic mass is 10.3. The molecular weight excluding hydrogens is 306 g/mol. The van der Waals surface area contributed by atoms with E-state index in [0.29, 0.717) is 0 Å². The quantitative estimate of drug-likeness (QED) is 0.502. The highest BCUT2D eigenvalue weighted by molar-refractivity contribution is 6.29. The molecule has 0 saturated heterocycles. The highest BCUT2D eigenvalue weighted by Gasteiger charge is 2.20. The first-order valence-corrected chi connectivity index (χ1v) is 5.71. The van der Waals surface area contributed by atoms with Gasteiger partial charge in [0.05, 0.1) is 16.0 Å². The fraction of sp³-hybridized carbons (Fsp3) is 0. The van der Waals surface area contributed by atoms with Gasteiger partial charge in [0, 0.05) is 12.1 Å². The normalized spacial score (nSPS) is 10.1. The molecule has 0 unspecified atom stereocenters. The van der Waals surface area contributed by atoms with Crippen molar-refractivity contribution in [1.29, 1.82) is 0 Å². The first-order chi connectivity index (χ1) is 9.88. The Balaban J connectivity index is 2.28. The van der Waals surface area contributed by atoms with Crippen molar-refractivity contribution in [3.05, 3.63) is 55.5 Å². The molecule has 0 aliphatic rings. The number of H-pyrrole nitrogens is 1. The van der Waals surface area contributed by atoms with Crippen LogP contribution in [0.25, 0.3) is 0 Å². The number of hydrogen-bond acceptors (Lipinski definition) is 6. The van der Waals surface area contributed by atoms with Crippen LogP contribution >= 0.6 is 11.6 Å². The molecule has 0 atom stereocenters. The molecule has 2 aromatic rings. The molecular formula is C10H6ClN5O5. The molecule has 2 aromatic heterocycles. The van der Waals surface area contributed by atoms with Gasteiger partial charge in [0.25, 0.3) is 11.6 Å². The summed E-state index contributed by atoms with van der Waals surface area (Å²) in [6.45, 7) is 0. The molecule has 0 aliphatic heterocycles. The van der Waals surface area contributed by atoms with Gasteiger partial charge in [-0.05, 0) is 6.07 Å². The number of hydrogen-bond donors (Lipinski definition) is 2. The molecule has 2 rings (SSSR count). The van der Waals surface area contributed by atoms with Crippen molar-refractivity contribution in [3.8, 4) is 0 Å². The second-order valence-electron chi connectivity index (χ2n) is 3.74. The number of nitro groups is 2. The van der Waals surface area contributed by atoms with Crippen molar-refractivity contribution in [2.45, 2.75) is 0 Å². The number of nitrogens with one attached hydrogen (secondary N) is 2. The molecule has 1 amide bonds. The smallest absolute Gasteiger partial charge is 0.311 e. The van der Waals surface area contributed by atoms with Crippen molar-refractivity contribution in [3.63, 3.8) is 0 Å². The van der Waals surface area contributed by atoms with E-state index in [0.717, 1.165) is 18.3 Å². The molecule has 0 aliphatic carbocycles. The van der Waals surface area contributed by atoms with Gasteiger partial charge in [-0.3, -0.25) is 30.3 Å². The van der Waals surface area contributed by atoms with Gasteiger partial charge in [0.15, 0.2) is 0 Å². The van der Waals surface area contributed by atoms with E-state index in [-0.39, 0.29) is 22.4 Å². The summed E-state index contributed by atoms with van der Waals surface area (Å²) in [7, 11) is 0.